The fourth-order valence-electron chi connectivity index (χ4n) is 2.32. The Kier molecular flexibility index (Phi) is 4.21. The summed E-state index contributed by atoms with van der Waals surface area (Å²) in [5.41, 5.74) is 0. The number of para-hydroxylation sites is 1. The third kappa shape index (κ3) is 2.81. The molecule has 2 N–H and O–H groups in total. The molecular weight excluding hydrogens is 283 g/mol. The predicted molar refractivity (Wildman–Crippen MR) is 72.1 cm³/mol. The second kappa shape index (κ2) is 5.93. The Morgan fingerprint density at radius 1 is 1.10 bits per heavy atom. The summed E-state index contributed by atoms with van der Waals surface area (Å²) in [6.45, 7) is 0.275. The van der Waals surface area contributed by atoms with Crippen molar-refractivity contribution in [3.05, 3.63) is 30.3 Å². The van der Waals surface area contributed by atoms with Crippen molar-refractivity contribution in [1.29, 1.82) is 0 Å². The lowest BCUT2D eigenvalue weighted by atomic mass is 9.98. The second-order valence-corrected chi connectivity index (χ2v) is 5.30. The molecule has 0 spiro atoms. The molecule has 0 bridgehead atoms. The van der Waals surface area contributed by atoms with Gasteiger partial charge in [-0.2, -0.15) is 0 Å². The molecule has 7 unspecified atom stereocenters. The van der Waals surface area contributed by atoms with Crippen LogP contribution in [-0.2, 0) is 14.2 Å². The van der Waals surface area contributed by atoms with Gasteiger partial charge in [0.15, 0.2) is 6.03 Å². The van der Waals surface area contributed by atoms with E-state index >= 15 is 0 Å². The number of benzene rings is 1. The van der Waals surface area contributed by atoms with E-state index in [0.717, 1.165) is 0 Å². The van der Waals surface area contributed by atoms with E-state index in [1.54, 1.807) is 12.1 Å². The largest absolute Gasteiger partial charge is 0.462 e. The summed E-state index contributed by atoms with van der Waals surface area (Å²) >= 11 is 0. The molecule has 7 atom stereocenters. The molecular formula is C13H17O6P. The van der Waals surface area contributed by atoms with Crippen LogP contribution in [0.15, 0.2) is 30.3 Å². The average molecular weight is 300 g/mol. The maximum atomic E-state index is 10.1. The molecule has 6 nitrogen and oxygen atoms in total. The fourth-order valence-corrected chi connectivity index (χ4v) is 2.61. The summed E-state index contributed by atoms with van der Waals surface area (Å²) in [6.07, 6.45) is -4.33. The van der Waals surface area contributed by atoms with E-state index in [0.29, 0.717) is 5.75 Å². The molecule has 2 heterocycles. The quantitative estimate of drug-likeness (QED) is 0.754. The van der Waals surface area contributed by atoms with Gasteiger partial charge < -0.3 is 29.2 Å². The zero-order valence-corrected chi connectivity index (χ0v) is 11.8. The maximum Gasteiger partial charge on any atom is 0.229 e. The van der Waals surface area contributed by atoms with Crippen molar-refractivity contribution >= 4 is 9.24 Å². The minimum absolute atomic E-state index is 0.275. The Balaban J connectivity index is 1.71. The molecule has 0 radical (unpaired) electrons. The van der Waals surface area contributed by atoms with E-state index in [-0.39, 0.29) is 6.61 Å². The monoisotopic (exact) mass is 300 g/mol. The zero-order chi connectivity index (χ0) is 14.1. The Labute approximate surface area is 118 Å². The van der Waals surface area contributed by atoms with Crippen molar-refractivity contribution in [2.24, 2.45) is 0 Å². The van der Waals surface area contributed by atoms with Crippen LogP contribution in [0.3, 0.4) is 0 Å². The number of hydrogen-bond donors (Lipinski definition) is 2. The molecule has 0 aliphatic carbocycles. The van der Waals surface area contributed by atoms with E-state index in [9.17, 15) is 10.2 Å². The Morgan fingerprint density at radius 3 is 2.60 bits per heavy atom. The van der Waals surface area contributed by atoms with Gasteiger partial charge in [0.2, 0.25) is 6.29 Å². The molecule has 0 saturated carbocycles. The summed E-state index contributed by atoms with van der Waals surface area (Å²) in [6, 6.07) is 8.48. The minimum Gasteiger partial charge on any atom is -0.462 e. The van der Waals surface area contributed by atoms with Gasteiger partial charge in [-0.3, -0.25) is 0 Å². The number of rotatable bonds is 2. The lowest BCUT2D eigenvalue weighted by Crippen LogP contribution is -2.63. The molecule has 2 saturated heterocycles. The Hall–Kier alpha value is -0.750. The van der Waals surface area contributed by atoms with Crippen LogP contribution in [-0.4, -0.2) is 53.6 Å². The highest BCUT2D eigenvalue weighted by Crippen LogP contribution is 2.30. The first kappa shape index (κ1) is 14.2. The van der Waals surface area contributed by atoms with Crippen LogP contribution in [0.2, 0.25) is 0 Å². The van der Waals surface area contributed by atoms with Crippen LogP contribution < -0.4 is 4.74 Å². The van der Waals surface area contributed by atoms with Crippen LogP contribution >= 0.6 is 9.24 Å². The first-order valence-corrected chi connectivity index (χ1v) is 7.08. The number of hydrogen-bond acceptors (Lipinski definition) is 6. The Morgan fingerprint density at radius 2 is 1.85 bits per heavy atom. The highest BCUT2D eigenvalue weighted by Gasteiger charge is 2.49. The standard InChI is InChI=1S/C13H17O6P/c14-9-10(15)12(17-7-4-2-1-3-5-7)18-8-6-16-13(20)19-11(8)9/h1-5,8-15H,6,20H2. The predicted octanol–water partition coefficient (Wildman–Crippen LogP) is 0.0862. The first-order valence-electron chi connectivity index (χ1n) is 6.41. The van der Waals surface area contributed by atoms with Crippen molar-refractivity contribution in [3.8, 4) is 5.75 Å². The van der Waals surface area contributed by atoms with E-state index in [4.69, 9.17) is 18.9 Å². The zero-order valence-electron chi connectivity index (χ0n) is 10.7. The van der Waals surface area contributed by atoms with Gasteiger partial charge in [0.25, 0.3) is 0 Å². The first-order chi connectivity index (χ1) is 9.65. The van der Waals surface area contributed by atoms with Crippen LogP contribution in [0, 0.1) is 0 Å². The van der Waals surface area contributed by atoms with Crippen LogP contribution in [0.5, 0.6) is 5.75 Å². The van der Waals surface area contributed by atoms with Gasteiger partial charge in [0.05, 0.1) is 6.61 Å². The van der Waals surface area contributed by atoms with Crippen molar-refractivity contribution in [2.75, 3.05) is 6.61 Å². The third-order valence-corrected chi connectivity index (χ3v) is 3.70. The smallest absolute Gasteiger partial charge is 0.229 e. The van der Waals surface area contributed by atoms with E-state index in [1.165, 1.54) is 0 Å². The topological polar surface area (TPSA) is 77.4 Å². The van der Waals surface area contributed by atoms with Crippen molar-refractivity contribution in [1.82, 2.24) is 0 Å². The molecule has 1 aromatic rings. The molecule has 110 valence electrons. The number of ether oxygens (including phenoxy) is 4. The summed E-state index contributed by atoms with van der Waals surface area (Å²) in [7, 11) is 2.36. The number of aliphatic hydroxyl groups is 2. The van der Waals surface area contributed by atoms with Crippen molar-refractivity contribution in [3.63, 3.8) is 0 Å². The van der Waals surface area contributed by atoms with Crippen molar-refractivity contribution < 1.29 is 29.2 Å². The number of aliphatic hydroxyl groups excluding tert-OH is 2. The molecule has 0 aromatic heterocycles. The van der Waals surface area contributed by atoms with E-state index in [2.05, 4.69) is 9.24 Å². The van der Waals surface area contributed by atoms with Crippen LogP contribution in [0.1, 0.15) is 0 Å². The van der Waals surface area contributed by atoms with Gasteiger partial charge in [-0.15, -0.1) is 0 Å². The lowest BCUT2D eigenvalue weighted by Gasteiger charge is -2.45. The molecule has 3 rings (SSSR count). The molecule has 0 amide bonds. The highest BCUT2D eigenvalue weighted by atomic mass is 31.0. The van der Waals surface area contributed by atoms with Gasteiger partial charge in [0, 0.05) is 0 Å². The van der Waals surface area contributed by atoms with Crippen LogP contribution in [0.25, 0.3) is 0 Å². The minimum atomic E-state index is -1.19. The molecule has 2 aliphatic heterocycles. The van der Waals surface area contributed by atoms with Crippen LogP contribution in [0.4, 0.5) is 0 Å². The Bertz CT molecular complexity index is 442. The molecule has 1 aromatic carbocycles. The lowest BCUT2D eigenvalue weighted by molar-refractivity contribution is -0.331. The SMILES string of the molecule is OC1C(Oc2ccccc2)OC2COC(P)OC2C1O. The molecule has 2 fully saturated rings. The second-order valence-electron chi connectivity index (χ2n) is 4.76. The van der Waals surface area contributed by atoms with Gasteiger partial charge in [0.1, 0.15) is 30.2 Å². The normalized spacial score (nSPS) is 41.0. The molecule has 20 heavy (non-hydrogen) atoms. The molecule has 2 aliphatic rings. The van der Waals surface area contributed by atoms with Gasteiger partial charge in [-0.05, 0) is 12.1 Å². The summed E-state index contributed by atoms with van der Waals surface area (Å²) in [4.78, 5) is 0. The van der Waals surface area contributed by atoms with Gasteiger partial charge in [-0.1, -0.05) is 27.4 Å². The summed E-state index contributed by atoms with van der Waals surface area (Å²) in [5, 5.41) is 20.2. The number of fused-ring (bicyclic) bond motifs is 1. The van der Waals surface area contributed by atoms with Crippen molar-refractivity contribution in [2.45, 2.75) is 36.7 Å². The highest BCUT2D eigenvalue weighted by molar-refractivity contribution is 7.16. The maximum absolute atomic E-state index is 10.1. The van der Waals surface area contributed by atoms with E-state index < -0.39 is 36.7 Å². The fraction of sp³-hybridized carbons (Fsp3) is 0.538. The average Bonchev–Trinajstić information content (AvgIpc) is 2.46. The van der Waals surface area contributed by atoms with E-state index in [1.807, 2.05) is 18.2 Å². The van der Waals surface area contributed by atoms with Gasteiger partial charge >= 0.3 is 0 Å². The molecule has 7 heteroatoms. The third-order valence-electron chi connectivity index (χ3n) is 3.35. The van der Waals surface area contributed by atoms with Gasteiger partial charge in [-0.25, -0.2) is 0 Å². The summed E-state index contributed by atoms with van der Waals surface area (Å²) < 4.78 is 21.9. The summed E-state index contributed by atoms with van der Waals surface area (Å²) in [5.74, 6) is 0.559.